The van der Waals surface area contributed by atoms with Gasteiger partial charge in [-0.1, -0.05) is 12.1 Å². The first-order valence-corrected chi connectivity index (χ1v) is 6.13. The molecular weight excluding hydrogens is 244 g/mol. The molecule has 0 unspecified atom stereocenters. The van der Waals surface area contributed by atoms with Gasteiger partial charge in [0.2, 0.25) is 0 Å². The number of rotatable bonds is 3. The Bertz CT molecular complexity index is 690. The molecule has 0 amide bonds. The van der Waals surface area contributed by atoms with Gasteiger partial charge in [-0.2, -0.15) is 0 Å². The average molecular weight is 258 g/mol. The normalized spacial score (nSPS) is 16.3. The van der Waals surface area contributed by atoms with Gasteiger partial charge in [0.05, 0.1) is 11.1 Å². The van der Waals surface area contributed by atoms with Crippen LogP contribution in [0.25, 0.3) is 5.69 Å². The van der Waals surface area contributed by atoms with Crippen LogP contribution in [0.15, 0.2) is 41.5 Å². The molecule has 1 N–H and O–H groups in total. The molecule has 0 bridgehead atoms. The number of aliphatic carboxylic acids is 1. The number of imidazole rings is 1. The summed E-state index contributed by atoms with van der Waals surface area (Å²) in [5.74, 6) is -0.767. The van der Waals surface area contributed by atoms with Crippen LogP contribution in [0.4, 0.5) is 0 Å². The summed E-state index contributed by atoms with van der Waals surface area (Å²) in [6.45, 7) is 0. The van der Waals surface area contributed by atoms with Crippen molar-refractivity contribution in [2.75, 3.05) is 0 Å². The number of carboxylic acids is 1. The fourth-order valence-corrected chi connectivity index (χ4v) is 2.35. The largest absolute Gasteiger partial charge is 0.481 e. The smallest absolute Gasteiger partial charge is 0.332 e. The maximum atomic E-state index is 11.8. The quantitative estimate of drug-likeness (QED) is 0.902. The molecule has 1 fully saturated rings. The van der Waals surface area contributed by atoms with Gasteiger partial charge < -0.3 is 9.67 Å². The molecule has 3 rings (SSSR count). The van der Waals surface area contributed by atoms with Crippen LogP contribution in [0.3, 0.4) is 0 Å². The minimum Gasteiger partial charge on any atom is -0.481 e. The van der Waals surface area contributed by atoms with Gasteiger partial charge in [-0.25, -0.2) is 4.79 Å². The van der Waals surface area contributed by atoms with Gasteiger partial charge in [0.25, 0.3) is 0 Å². The standard InChI is InChI=1S/C14H14N2O3/c1-15-8-9-16(13(15)19)11-4-2-10(3-5-11)14(6-7-14)12(17)18/h2-5,8-9H,6-7H2,1H3,(H,17,18). The van der Waals surface area contributed by atoms with Crippen molar-refractivity contribution >= 4 is 5.97 Å². The molecule has 0 saturated heterocycles. The van der Waals surface area contributed by atoms with Gasteiger partial charge in [-0.05, 0) is 30.5 Å². The number of carbonyl (C=O) groups is 1. The summed E-state index contributed by atoms with van der Waals surface area (Å²) >= 11 is 0. The third kappa shape index (κ3) is 1.69. The molecular formula is C14H14N2O3. The number of aryl methyl sites for hydroxylation is 1. The highest BCUT2D eigenvalue weighted by molar-refractivity contribution is 5.84. The van der Waals surface area contributed by atoms with Crippen molar-refractivity contribution < 1.29 is 9.90 Å². The molecule has 2 aromatic rings. The molecule has 0 radical (unpaired) electrons. The molecule has 1 aromatic carbocycles. The molecule has 98 valence electrons. The first-order chi connectivity index (χ1) is 9.04. The van der Waals surface area contributed by atoms with E-state index in [9.17, 15) is 14.7 Å². The van der Waals surface area contributed by atoms with Crippen LogP contribution in [-0.4, -0.2) is 20.2 Å². The summed E-state index contributed by atoms with van der Waals surface area (Å²) in [5, 5.41) is 9.23. The third-order valence-corrected chi connectivity index (χ3v) is 3.80. The van der Waals surface area contributed by atoms with E-state index in [-0.39, 0.29) is 5.69 Å². The number of aromatic nitrogens is 2. The zero-order chi connectivity index (χ0) is 13.6. The van der Waals surface area contributed by atoms with Crippen LogP contribution in [0.5, 0.6) is 0 Å². The van der Waals surface area contributed by atoms with Gasteiger partial charge >= 0.3 is 11.7 Å². The average Bonchev–Trinajstić information content (AvgIpc) is 3.15. The Morgan fingerprint density at radius 2 is 1.84 bits per heavy atom. The molecule has 5 nitrogen and oxygen atoms in total. The van der Waals surface area contributed by atoms with Gasteiger partial charge in [0.15, 0.2) is 0 Å². The van der Waals surface area contributed by atoms with Crippen LogP contribution >= 0.6 is 0 Å². The zero-order valence-corrected chi connectivity index (χ0v) is 10.5. The van der Waals surface area contributed by atoms with E-state index in [0.29, 0.717) is 12.8 Å². The Hall–Kier alpha value is -2.30. The van der Waals surface area contributed by atoms with Crippen LogP contribution in [0, 0.1) is 0 Å². The van der Waals surface area contributed by atoms with Crippen molar-refractivity contribution in [2.45, 2.75) is 18.3 Å². The Kier molecular flexibility index (Phi) is 2.38. The predicted molar refractivity (Wildman–Crippen MR) is 69.6 cm³/mol. The molecule has 5 heteroatoms. The fourth-order valence-electron chi connectivity index (χ4n) is 2.35. The van der Waals surface area contributed by atoms with Crippen LogP contribution < -0.4 is 5.69 Å². The summed E-state index contributed by atoms with van der Waals surface area (Å²) in [4.78, 5) is 23.0. The maximum Gasteiger partial charge on any atom is 0.332 e. The zero-order valence-electron chi connectivity index (χ0n) is 10.5. The van der Waals surface area contributed by atoms with Crippen molar-refractivity contribution in [1.82, 2.24) is 9.13 Å². The topological polar surface area (TPSA) is 64.2 Å². The lowest BCUT2D eigenvalue weighted by atomic mass is 9.96. The predicted octanol–water partition coefficient (Wildman–Crippen LogP) is 1.29. The van der Waals surface area contributed by atoms with E-state index < -0.39 is 11.4 Å². The van der Waals surface area contributed by atoms with Gasteiger partial charge in [0, 0.05) is 19.4 Å². The molecule has 1 heterocycles. The van der Waals surface area contributed by atoms with Gasteiger partial charge in [-0.15, -0.1) is 0 Å². The first kappa shape index (κ1) is 11.8. The van der Waals surface area contributed by atoms with E-state index in [1.165, 1.54) is 9.13 Å². The molecule has 1 aliphatic carbocycles. The maximum absolute atomic E-state index is 11.8. The lowest BCUT2D eigenvalue weighted by Crippen LogP contribution is -2.21. The van der Waals surface area contributed by atoms with Crippen LogP contribution in [0.2, 0.25) is 0 Å². The summed E-state index contributed by atoms with van der Waals surface area (Å²) in [5.41, 5.74) is 0.746. The monoisotopic (exact) mass is 258 g/mol. The molecule has 1 aliphatic rings. The van der Waals surface area contributed by atoms with E-state index in [2.05, 4.69) is 0 Å². The van der Waals surface area contributed by atoms with Crippen molar-refractivity contribution in [2.24, 2.45) is 7.05 Å². The second-order valence-electron chi connectivity index (χ2n) is 5.00. The van der Waals surface area contributed by atoms with Crippen LogP contribution in [-0.2, 0) is 17.3 Å². The number of benzene rings is 1. The SMILES string of the molecule is Cn1ccn(-c2ccc(C3(C(=O)O)CC3)cc2)c1=O. The second kappa shape index (κ2) is 3.85. The minimum absolute atomic E-state index is 0.118. The fraction of sp³-hybridized carbons (Fsp3) is 0.286. The molecule has 19 heavy (non-hydrogen) atoms. The Balaban J connectivity index is 1.98. The van der Waals surface area contributed by atoms with E-state index in [1.807, 2.05) is 0 Å². The highest BCUT2D eigenvalue weighted by atomic mass is 16.4. The lowest BCUT2D eigenvalue weighted by molar-refractivity contribution is -0.140. The third-order valence-electron chi connectivity index (χ3n) is 3.80. The van der Waals surface area contributed by atoms with E-state index in [4.69, 9.17) is 0 Å². The summed E-state index contributed by atoms with van der Waals surface area (Å²) in [6, 6.07) is 7.19. The summed E-state index contributed by atoms with van der Waals surface area (Å²) in [6.07, 6.45) is 4.76. The number of nitrogens with zero attached hydrogens (tertiary/aromatic N) is 2. The highest BCUT2D eigenvalue weighted by Gasteiger charge is 2.51. The first-order valence-electron chi connectivity index (χ1n) is 6.13. The molecule has 0 aliphatic heterocycles. The Morgan fingerprint density at radius 1 is 1.21 bits per heavy atom. The van der Waals surface area contributed by atoms with E-state index in [0.717, 1.165) is 11.3 Å². The van der Waals surface area contributed by atoms with Gasteiger partial charge in [-0.3, -0.25) is 9.36 Å². The number of carboxylic acid groups (broad SMARTS) is 1. The minimum atomic E-state index is -0.767. The van der Waals surface area contributed by atoms with Crippen LogP contribution in [0.1, 0.15) is 18.4 Å². The molecule has 0 atom stereocenters. The Labute approximate surface area is 109 Å². The number of hydrogen-bond donors (Lipinski definition) is 1. The molecule has 0 spiro atoms. The summed E-state index contributed by atoms with van der Waals surface area (Å²) in [7, 11) is 1.69. The summed E-state index contributed by atoms with van der Waals surface area (Å²) < 4.78 is 3.03. The molecule has 1 saturated carbocycles. The second-order valence-corrected chi connectivity index (χ2v) is 5.00. The van der Waals surface area contributed by atoms with Gasteiger partial charge in [0.1, 0.15) is 0 Å². The van der Waals surface area contributed by atoms with Crippen molar-refractivity contribution in [3.8, 4) is 5.69 Å². The number of hydrogen-bond acceptors (Lipinski definition) is 2. The Morgan fingerprint density at radius 3 is 2.26 bits per heavy atom. The highest BCUT2D eigenvalue weighted by Crippen LogP contribution is 2.48. The lowest BCUT2D eigenvalue weighted by Gasteiger charge is -2.10. The van der Waals surface area contributed by atoms with E-state index >= 15 is 0 Å². The van der Waals surface area contributed by atoms with Crippen molar-refractivity contribution in [3.63, 3.8) is 0 Å². The molecule has 1 aromatic heterocycles. The van der Waals surface area contributed by atoms with Crippen molar-refractivity contribution in [1.29, 1.82) is 0 Å². The van der Waals surface area contributed by atoms with E-state index in [1.54, 1.807) is 43.7 Å². The van der Waals surface area contributed by atoms with Crippen molar-refractivity contribution in [3.05, 3.63) is 52.7 Å².